The van der Waals surface area contributed by atoms with Gasteiger partial charge in [0.05, 0.1) is 11.7 Å². The molecule has 0 aliphatic carbocycles. The molecular formula is C16H14FN3. The van der Waals surface area contributed by atoms with Gasteiger partial charge in [0.2, 0.25) is 0 Å². The van der Waals surface area contributed by atoms with Crippen LogP contribution in [-0.4, -0.2) is 4.98 Å². The van der Waals surface area contributed by atoms with Gasteiger partial charge in [-0.15, -0.1) is 0 Å². The third kappa shape index (κ3) is 2.27. The lowest BCUT2D eigenvalue weighted by Gasteiger charge is -2.17. The first kappa shape index (κ1) is 12.7. The first-order chi connectivity index (χ1) is 9.79. The third-order valence-electron chi connectivity index (χ3n) is 3.33. The van der Waals surface area contributed by atoms with E-state index in [9.17, 15) is 4.39 Å². The second-order valence-electron chi connectivity index (χ2n) is 4.58. The van der Waals surface area contributed by atoms with Gasteiger partial charge in [-0.3, -0.25) is 10.8 Å². The summed E-state index contributed by atoms with van der Waals surface area (Å²) in [5.74, 6) is 5.22. The lowest BCUT2D eigenvalue weighted by atomic mass is 9.99. The number of nitrogens with zero attached hydrogens (tertiary/aromatic N) is 1. The van der Waals surface area contributed by atoms with Crippen LogP contribution < -0.4 is 11.3 Å². The molecule has 0 aliphatic heterocycles. The zero-order valence-corrected chi connectivity index (χ0v) is 10.8. The van der Waals surface area contributed by atoms with Crippen LogP contribution in [0.5, 0.6) is 0 Å². The number of hydrogen-bond donors (Lipinski definition) is 2. The first-order valence-electron chi connectivity index (χ1n) is 6.35. The average Bonchev–Trinajstić information content (AvgIpc) is 2.50. The topological polar surface area (TPSA) is 50.9 Å². The van der Waals surface area contributed by atoms with Gasteiger partial charge in [0.1, 0.15) is 5.82 Å². The quantitative estimate of drug-likeness (QED) is 0.566. The van der Waals surface area contributed by atoms with Gasteiger partial charge in [0.25, 0.3) is 0 Å². The molecule has 0 spiro atoms. The smallest absolute Gasteiger partial charge is 0.146 e. The lowest BCUT2D eigenvalue weighted by molar-refractivity contribution is 0.544. The average molecular weight is 267 g/mol. The van der Waals surface area contributed by atoms with E-state index in [0.29, 0.717) is 5.69 Å². The Labute approximate surface area is 116 Å². The molecule has 0 saturated carbocycles. The molecule has 1 unspecified atom stereocenters. The molecule has 3 N–H and O–H groups in total. The van der Waals surface area contributed by atoms with E-state index in [0.717, 1.165) is 16.3 Å². The molecule has 0 aliphatic rings. The minimum Gasteiger partial charge on any atom is -0.271 e. The number of hydrazine groups is 1. The van der Waals surface area contributed by atoms with Crippen LogP contribution in [0.3, 0.4) is 0 Å². The van der Waals surface area contributed by atoms with E-state index in [2.05, 4.69) is 10.4 Å². The van der Waals surface area contributed by atoms with Crippen LogP contribution >= 0.6 is 0 Å². The minimum absolute atomic E-state index is 0.297. The number of nitrogens with one attached hydrogen (secondary N) is 1. The van der Waals surface area contributed by atoms with Gasteiger partial charge in [-0.25, -0.2) is 9.82 Å². The van der Waals surface area contributed by atoms with Crippen molar-refractivity contribution in [1.29, 1.82) is 0 Å². The van der Waals surface area contributed by atoms with Crippen molar-refractivity contribution in [2.45, 2.75) is 6.04 Å². The summed E-state index contributed by atoms with van der Waals surface area (Å²) in [4.78, 5) is 4.09. The number of nitrogens with two attached hydrogens (primary N) is 1. The molecule has 1 heterocycles. The van der Waals surface area contributed by atoms with E-state index in [1.807, 2.05) is 42.5 Å². The molecule has 1 aromatic heterocycles. The molecule has 3 nitrogen and oxygen atoms in total. The number of rotatable bonds is 3. The molecule has 0 radical (unpaired) electrons. The van der Waals surface area contributed by atoms with Crippen LogP contribution in [0.4, 0.5) is 4.39 Å². The van der Waals surface area contributed by atoms with E-state index in [-0.39, 0.29) is 5.82 Å². The summed E-state index contributed by atoms with van der Waals surface area (Å²) in [6.07, 6.45) is 1.56. The number of halogens is 1. The van der Waals surface area contributed by atoms with Gasteiger partial charge in [-0.1, -0.05) is 36.4 Å². The van der Waals surface area contributed by atoms with Crippen molar-refractivity contribution in [3.8, 4) is 0 Å². The van der Waals surface area contributed by atoms with Crippen molar-refractivity contribution in [1.82, 2.24) is 10.4 Å². The fourth-order valence-corrected chi connectivity index (χ4v) is 2.33. The summed E-state index contributed by atoms with van der Waals surface area (Å²) >= 11 is 0. The summed E-state index contributed by atoms with van der Waals surface area (Å²) < 4.78 is 13.9. The fourth-order valence-electron chi connectivity index (χ4n) is 2.33. The van der Waals surface area contributed by atoms with Gasteiger partial charge in [0.15, 0.2) is 0 Å². The minimum atomic E-state index is -0.471. The SMILES string of the molecule is NNC(c1ccc2ccccc2c1)c1ncccc1F. The molecule has 1 atom stereocenters. The molecule has 2 aromatic carbocycles. The molecule has 0 bridgehead atoms. The van der Waals surface area contributed by atoms with Crippen molar-refractivity contribution in [2.24, 2.45) is 5.84 Å². The van der Waals surface area contributed by atoms with Crippen molar-refractivity contribution < 1.29 is 4.39 Å². The monoisotopic (exact) mass is 267 g/mol. The number of fused-ring (bicyclic) bond motifs is 1. The van der Waals surface area contributed by atoms with Crippen LogP contribution in [0.15, 0.2) is 60.8 Å². The van der Waals surface area contributed by atoms with Gasteiger partial charge >= 0.3 is 0 Å². The number of hydrogen-bond acceptors (Lipinski definition) is 3. The molecule has 0 amide bonds. The Hall–Kier alpha value is -2.30. The Morgan fingerprint density at radius 1 is 1.00 bits per heavy atom. The van der Waals surface area contributed by atoms with Crippen molar-refractivity contribution in [2.75, 3.05) is 0 Å². The summed E-state index contributed by atoms with van der Waals surface area (Å²) in [6.45, 7) is 0. The summed E-state index contributed by atoms with van der Waals surface area (Å²) in [5, 5.41) is 2.22. The maximum Gasteiger partial charge on any atom is 0.146 e. The molecular weight excluding hydrogens is 253 g/mol. The predicted molar refractivity (Wildman–Crippen MR) is 77.3 cm³/mol. The maximum atomic E-state index is 13.9. The van der Waals surface area contributed by atoms with Crippen LogP contribution in [0.25, 0.3) is 10.8 Å². The summed E-state index contributed by atoms with van der Waals surface area (Å²) in [5.41, 5.74) is 3.81. The van der Waals surface area contributed by atoms with Gasteiger partial charge in [-0.05, 0) is 34.5 Å². The Balaban J connectivity index is 2.10. The highest BCUT2D eigenvalue weighted by Crippen LogP contribution is 2.25. The normalized spacial score (nSPS) is 12.5. The van der Waals surface area contributed by atoms with E-state index >= 15 is 0 Å². The number of benzene rings is 2. The Morgan fingerprint density at radius 3 is 2.55 bits per heavy atom. The standard InChI is InChI=1S/C16H14FN3/c17-14-6-3-9-19-16(14)15(20-18)13-8-7-11-4-1-2-5-12(11)10-13/h1-10,15,20H,18H2. The van der Waals surface area contributed by atoms with Crippen LogP contribution in [0.1, 0.15) is 17.3 Å². The molecule has 20 heavy (non-hydrogen) atoms. The van der Waals surface area contributed by atoms with Crippen molar-refractivity contribution in [3.05, 3.63) is 77.9 Å². The lowest BCUT2D eigenvalue weighted by Crippen LogP contribution is -2.30. The van der Waals surface area contributed by atoms with E-state index in [4.69, 9.17) is 5.84 Å². The van der Waals surface area contributed by atoms with Crippen LogP contribution in [0.2, 0.25) is 0 Å². The molecule has 4 heteroatoms. The second kappa shape index (κ2) is 5.36. The Bertz CT molecular complexity index is 742. The van der Waals surface area contributed by atoms with Gasteiger partial charge in [-0.2, -0.15) is 0 Å². The number of aromatic nitrogens is 1. The highest BCUT2D eigenvalue weighted by Gasteiger charge is 2.17. The fraction of sp³-hybridized carbons (Fsp3) is 0.0625. The third-order valence-corrected chi connectivity index (χ3v) is 3.33. The summed E-state index contributed by atoms with van der Waals surface area (Å²) in [6, 6.07) is 16.4. The second-order valence-corrected chi connectivity index (χ2v) is 4.58. The van der Waals surface area contributed by atoms with Crippen LogP contribution in [0, 0.1) is 5.82 Å². The molecule has 3 aromatic rings. The zero-order chi connectivity index (χ0) is 13.9. The Kier molecular flexibility index (Phi) is 3.41. The number of pyridine rings is 1. The molecule has 100 valence electrons. The predicted octanol–water partition coefficient (Wildman–Crippen LogP) is 2.93. The van der Waals surface area contributed by atoms with Crippen molar-refractivity contribution in [3.63, 3.8) is 0 Å². The van der Waals surface area contributed by atoms with E-state index in [1.54, 1.807) is 12.3 Å². The van der Waals surface area contributed by atoms with Gasteiger partial charge < -0.3 is 0 Å². The highest BCUT2D eigenvalue weighted by atomic mass is 19.1. The highest BCUT2D eigenvalue weighted by molar-refractivity contribution is 5.83. The summed E-state index contributed by atoms with van der Waals surface area (Å²) in [7, 11) is 0. The molecule has 0 fully saturated rings. The molecule has 0 saturated heterocycles. The van der Waals surface area contributed by atoms with Crippen molar-refractivity contribution >= 4 is 10.8 Å². The zero-order valence-electron chi connectivity index (χ0n) is 10.8. The molecule has 3 rings (SSSR count). The first-order valence-corrected chi connectivity index (χ1v) is 6.35. The maximum absolute atomic E-state index is 13.9. The van der Waals surface area contributed by atoms with Gasteiger partial charge in [0, 0.05) is 6.20 Å². The largest absolute Gasteiger partial charge is 0.271 e. The Morgan fingerprint density at radius 2 is 1.80 bits per heavy atom. The van der Waals surface area contributed by atoms with E-state index < -0.39 is 6.04 Å². The van der Waals surface area contributed by atoms with E-state index in [1.165, 1.54) is 6.07 Å². The van der Waals surface area contributed by atoms with Crippen LogP contribution in [-0.2, 0) is 0 Å².